The van der Waals surface area contributed by atoms with Gasteiger partial charge >= 0.3 is 0 Å². The van der Waals surface area contributed by atoms with Crippen LogP contribution < -0.4 is 0 Å². The van der Waals surface area contributed by atoms with Crippen LogP contribution in [0, 0.1) is 0 Å². The Labute approximate surface area is 89.0 Å². The number of ether oxygens (including phenoxy) is 2. The monoisotopic (exact) mass is 202 g/mol. The molecule has 0 saturated heterocycles. The molecule has 0 aromatic carbocycles. The molecule has 0 saturated carbocycles. The third kappa shape index (κ3) is 4.97. The van der Waals surface area contributed by atoms with E-state index >= 15 is 0 Å². The molecular weight excluding hydrogens is 176 g/mol. The van der Waals surface area contributed by atoms with Gasteiger partial charge in [-0.3, -0.25) is 0 Å². The minimum absolute atomic E-state index is 0.314. The van der Waals surface area contributed by atoms with Gasteiger partial charge in [-0.25, -0.2) is 0 Å². The van der Waals surface area contributed by atoms with Crippen molar-refractivity contribution in [1.82, 2.24) is 0 Å². The van der Waals surface area contributed by atoms with E-state index in [0.717, 1.165) is 38.9 Å². The van der Waals surface area contributed by atoms with Gasteiger partial charge in [0.05, 0.1) is 6.61 Å². The van der Waals surface area contributed by atoms with E-state index in [1.807, 2.05) is 0 Å². The first-order chi connectivity index (χ1) is 6.74. The summed E-state index contributed by atoms with van der Waals surface area (Å²) in [6.45, 7) is 10.2. The molecule has 0 aliphatic heterocycles. The van der Waals surface area contributed by atoms with Gasteiger partial charge in [-0.2, -0.15) is 0 Å². The van der Waals surface area contributed by atoms with E-state index in [9.17, 15) is 0 Å². The maximum Gasteiger partial charge on any atom is 0.167 e. The van der Waals surface area contributed by atoms with Gasteiger partial charge in [0.25, 0.3) is 0 Å². The van der Waals surface area contributed by atoms with Crippen molar-refractivity contribution >= 4 is 0 Å². The molecule has 0 aromatic heterocycles. The highest BCUT2D eigenvalue weighted by atomic mass is 16.7. The van der Waals surface area contributed by atoms with Crippen molar-refractivity contribution in [3.05, 3.63) is 0 Å². The summed E-state index contributed by atoms with van der Waals surface area (Å²) < 4.78 is 11.6. The lowest BCUT2D eigenvalue weighted by Crippen LogP contribution is -2.35. The second kappa shape index (κ2) is 8.25. The second-order valence-corrected chi connectivity index (χ2v) is 3.67. The lowest BCUT2D eigenvalue weighted by atomic mass is 10.1. The van der Waals surface area contributed by atoms with Crippen LogP contribution in [0.15, 0.2) is 0 Å². The van der Waals surface area contributed by atoms with E-state index < -0.39 is 0 Å². The molecule has 0 N–H and O–H groups in total. The zero-order chi connectivity index (χ0) is 10.9. The summed E-state index contributed by atoms with van der Waals surface area (Å²) >= 11 is 0. The predicted octanol–water partition coefficient (Wildman–Crippen LogP) is 3.75. The smallest absolute Gasteiger partial charge is 0.167 e. The van der Waals surface area contributed by atoms with Crippen LogP contribution in [0.4, 0.5) is 0 Å². The highest BCUT2D eigenvalue weighted by molar-refractivity contribution is 4.65. The Morgan fingerprint density at radius 2 is 1.36 bits per heavy atom. The zero-order valence-corrected chi connectivity index (χ0v) is 10.3. The maximum atomic E-state index is 5.85. The largest absolute Gasteiger partial charge is 0.350 e. The fourth-order valence-corrected chi connectivity index (χ4v) is 1.39. The Morgan fingerprint density at radius 3 is 1.79 bits per heavy atom. The van der Waals surface area contributed by atoms with Gasteiger partial charge in [-0.15, -0.1) is 0 Å². The molecule has 0 fully saturated rings. The summed E-state index contributed by atoms with van der Waals surface area (Å²) in [7, 11) is 0. The summed E-state index contributed by atoms with van der Waals surface area (Å²) in [5.74, 6) is -0.314. The van der Waals surface area contributed by atoms with Crippen LogP contribution in [0.1, 0.15) is 59.8 Å². The first-order valence-electron chi connectivity index (χ1n) is 6.02. The van der Waals surface area contributed by atoms with Crippen molar-refractivity contribution in [2.24, 2.45) is 0 Å². The van der Waals surface area contributed by atoms with Crippen molar-refractivity contribution in [3.8, 4) is 0 Å². The molecule has 0 bridgehead atoms. The molecule has 0 amide bonds. The normalized spacial score (nSPS) is 12.0. The number of rotatable bonds is 9. The van der Waals surface area contributed by atoms with Crippen LogP contribution in [0.3, 0.4) is 0 Å². The van der Waals surface area contributed by atoms with Gasteiger partial charge in [-0.1, -0.05) is 34.1 Å². The molecule has 0 aliphatic carbocycles. The van der Waals surface area contributed by atoms with E-state index in [1.165, 1.54) is 6.42 Å². The Bertz CT molecular complexity index is 119. The van der Waals surface area contributed by atoms with Gasteiger partial charge in [-0.05, 0) is 25.7 Å². The van der Waals surface area contributed by atoms with Crippen LogP contribution in [-0.2, 0) is 9.47 Å². The van der Waals surface area contributed by atoms with Crippen molar-refractivity contribution in [2.75, 3.05) is 13.2 Å². The molecule has 0 spiro atoms. The highest BCUT2D eigenvalue weighted by Crippen LogP contribution is 2.22. The van der Waals surface area contributed by atoms with Crippen LogP contribution in [0.2, 0.25) is 0 Å². The molecule has 0 aliphatic rings. The topological polar surface area (TPSA) is 18.5 Å². The van der Waals surface area contributed by atoms with Crippen LogP contribution >= 0.6 is 0 Å². The minimum Gasteiger partial charge on any atom is -0.350 e. The lowest BCUT2D eigenvalue weighted by molar-refractivity contribution is -0.241. The summed E-state index contributed by atoms with van der Waals surface area (Å²) in [4.78, 5) is 0. The predicted molar refractivity (Wildman–Crippen MR) is 60.4 cm³/mol. The fraction of sp³-hybridized carbons (Fsp3) is 1.00. The van der Waals surface area contributed by atoms with Crippen molar-refractivity contribution in [1.29, 1.82) is 0 Å². The fourth-order valence-electron chi connectivity index (χ4n) is 1.39. The average Bonchev–Trinajstić information content (AvgIpc) is 2.24. The van der Waals surface area contributed by atoms with E-state index in [1.54, 1.807) is 0 Å². The molecule has 0 radical (unpaired) electrons. The molecule has 14 heavy (non-hydrogen) atoms. The number of unbranched alkanes of at least 4 members (excludes halogenated alkanes) is 1. The van der Waals surface area contributed by atoms with Crippen LogP contribution in [0.25, 0.3) is 0 Å². The highest BCUT2D eigenvalue weighted by Gasteiger charge is 2.26. The second-order valence-electron chi connectivity index (χ2n) is 3.67. The Hall–Kier alpha value is -0.0800. The van der Waals surface area contributed by atoms with Gasteiger partial charge in [0.15, 0.2) is 5.79 Å². The molecule has 2 nitrogen and oxygen atoms in total. The van der Waals surface area contributed by atoms with Gasteiger partial charge < -0.3 is 9.47 Å². The van der Waals surface area contributed by atoms with Crippen molar-refractivity contribution in [2.45, 2.75) is 65.6 Å². The van der Waals surface area contributed by atoms with E-state index in [4.69, 9.17) is 9.47 Å². The van der Waals surface area contributed by atoms with E-state index in [-0.39, 0.29) is 5.79 Å². The van der Waals surface area contributed by atoms with Gasteiger partial charge in [0.2, 0.25) is 0 Å². The first-order valence-corrected chi connectivity index (χ1v) is 6.02. The summed E-state index contributed by atoms with van der Waals surface area (Å²) in [6, 6.07) is 0. The van der Waals surface area contributed by atoms with Crippen LogP contribution in [-0.4, -0.2) is 19.0 Å². The summed E-state index contributed by atoms with van der Waals surface area (Å²) in [6.07, 6.45) is 5.23. The molecule has 86 valence electrons. The van der Waals surface area contributed by atoms with Gasteiger partial charge in [0, 0.05) is 6.61 Å². The molecule has 0 unspecified atom stereocenters. The zero-order valence-electron chi connectivity index (χ0n) is 10.3. The lowest BCUT2D eigenvalue weighted by Gasteiger charge is -2.32. The standard InChI is InChI=1S/C12H26O2/c1-5-9-11-14-12(7-3,8-4)13-10-6-2/h5-11H2,1-4H3. The van der Waals surface area contributed by atoms with E-state index in [2.05, 4.69) is 27.7 Å². The summed E-state index contributed by atoms with van der Waals surface area (Å²) in [5, 5.41) is 0. The minimum atomic E-state index is -0.314. The third-order valence-corrected chi connectivity index (χ3v) is 2.51. The van der Waals surface area contributed by atoms with Gasteiger partial charge in [0.1, 0.15) is 0 Å². The average molecular weight is 202 g/mol. The van der Waals surface area contributed by atoms with Crippen molar-refractivity contribution in [3.63, 3.8) is 0 Å². The molecule has 0 atom stereocenters. The van der Waals surface area contributed by atoms with Crippen LogP contribution in [0.5, 0.6) is 0 Å². The number of hydrogen-bond acceptors (Lipinski definition) is 2. The molecule has 2 heteroatoms. The first kappa shape index (κ1) is 13.9. The Balaban J connectivity index is 3.94. The molecular formula is C12H26O2. The summed E-state index contributed by atoms with van der Waals surface area (Å²) in [5.41, 5.74) is 0. The SMILES string of the molecule is CCCCOC(CC)(CC)OCCC. The van der Waals surface area contributed by atoms with E-state index in [0.29, 0.717) is 0 Å². The Kier molecular flexibility index (Phi) is 8.20. The van der Waals surface area contributed by atoms with Crippen molar-refractivity contribution < 1.29 is 9.47 Å². The molecule has 0 heterocycles. The molecule has 0 aromatic rings. The molecule has 0 rings (SSSR count). The Morgan fingerprint density at radius 1 is 0.786 bits per heavy atom. The number of hydrogen-bond donors (Lipinski definition) is 0. The maximum absolute atomic E-state index is 5.85. The quantitative estimate of drug-likeness (QED) is 0.419. The third-order valence-electron chi connectivity index (χ3n) is 2.51.